The number of carbonyl (C=O) groups is 1. The number of ether oxygens (including phenoxy) is 1. The van der Waals surface area contributed by atoms with Crippen molar-refractivity contribution in [3.8, 4) is 0 Å². The fraction of sp³-hybridized carbons (Fsp3) is 0.227. The Labute approximate surface area is 143 Å². The fourth-order valence-corrected chi connectivity index (χ4v) is 2.61. The Hall–Kier alpha value is -2.61. The van der Waals surface area contributed by atoms with Crippen molar-refractivity contribution in [2.45, 2.75) is 33.1 Å². The van der Waals surface area contributed by atoms with Gasteiger partial charge in [-0.25, -0.2) is 4.79 Å². The third-order valence-electron chi connectivity index (χ3n) is 4.16. The van der Waals surface area contributed by atoms with Crippen LogP contribution in [0.4, 0.5) is 0 Å². The fourth-order valence-electron chi connectivity index (χ4n) is 2.61. The standard InChI is InChI=1S/C22H22O2/c1-15-5-9-17(10-6-15)20-14-18(21(23)24-20)13-16-7-11-19(12-8-16)22(2,3)4/h5-14H,1-4H3/b18-13+. The smallest absolute Gasteiger partial charge is 0.343 e. The zero-order chi connectivity index (χ0) is 17.3. The first kappa shape index (κ1) is 16.3. The second kappa shape index (κ2) is 6.12. The van der Waals surface area contributed by atoms with E-state index in [1.807, 2.05) is 55.5 Å². The van der Waals surface area contributed by atoms with Gasteiger partial charge in [-0.1, -0.05) is 74.9 Å². The van der Waals surface area contributed by atoms with Crippen LogP contribution in [0.25, 0.3) is 11.8 Å². The zero-order valence-electron chi connectivity index (χ0n) is 14.6. The molecule has 1 aliphatic heterocycles. The lowest BCUT2D eigenvalue weighted by molar-refractivity contribution is -0.130. The van der Waals surface area contributed by atoms with Gasteiger partial charge in [-0.2, -0.15) is 0 Å². The van der Waals surface area contributed by atoms with Gasteiger partial charge in [-0.15, -0.1) is 0 Å². The van der Waals surface area contributed by atoms with Crippen molar-refractivity contribution in [3.05, 3.63) is 82.4 Å². The molecule has 2 heteroatoms. The minimum atomic E-state index is -0.300. The molecule has 0 amide bonds. The Bertz CT molecular complexity index is 814. The van der Waals surface area contributed by atoms with Crippen LogP contribution in [-0.4, -0.2) is 5.97 Å². The molecule has 3 rings (SSSR count). The van der Waals surface area contributed by atoms with Crippen molar-refractivity contribution >= 4 is 17.8 Å². The van der Waals surface area contributed by atoms with Gasteiger partial charge < -0.3 is 4.74 Å². The normalized spacial score (nSPS) is 16.2. The van der Waals surface area contributed by atoms with Gasteiger partial charge in [0.25, 0.3) is 0 Å². The summed E-state index contributed by atoms with van der Waals surface area (Å²) in [5.74, 6) is 0.308. The van der Waals surface area contributed by atoms with Crippen molar-refractivity contribution in [2.24, 2.45) is 0 Å². The summed E-state index contributed by atoms with van der Waals surface area (Å²) >= 11 is 0. The third kappa shape index (κ3) is 3.48. The number of esters is 1. The van der Waals surface area contributed by atoms with E-state index in [-0.39, 0.29) is 11.4 Å². The number of hydrogen-bond donors (Lipinski definition) is 0. The molecule has 0 aliphatic carbocycles. The second-order valence-corrected chi connectivity index (χ2v) is 7.24. The Balaban J connectivity index is 1.87. The van der Waals surface area contributed by atoms with Gasteiger partial charge in [-0.3, -0.25) is 0 Å². The SMILES string of the molecule is Cc1ccc(C2=C/C(=C\c3ccc(C(C)(C)C)cc3)C(=O)O2)cc1. The first-order chi connectivity index (χ1) is 11.3. The summed E-state index contributed by atoms with van der Waals surface area (Å²) < 4.78 is 5.40. The molecule has 0 fully saturated rings. The lowest BCUT2D eigenvalue weighted by Crippen LogP contribution is -2.10. The highest BCUT2D eigenvalue weighted by atomic mass is 16.5. The highest BCUT2D eigenvalue weighted by Gasteiger charge is 2.22. The maximum absolute atomic E-state index is 12.1. The Morgan fingerprint density at radius 1 is 0.917 bits per heavy atom. The van der Waals surface area contributed by atoms with Crippen LogP contribution >= 0.6 is 0 Å². The van der Waals surface area contributed by atoms with E-state index >= 15 is 0 Å². The van der Waals surface area contributed by atoms with Gasteiger partial charge in [0.05, 0.1) is 5.57 Å². The van der Waals surface area contributed by atoms with Gasteiger partial charge in [0.15, 0.2) is 0 Å². The maximum Gasteiger partial charge on any atom is 0.343 e. The molecule has 0 atom stereocenters. The van der Waals surface area contributed by atoms with Crippen molar-refractivity contribution in [1.82, 2.24) is 0 Å². The quantitative estimate of drug-likeness (QED) is 0.556. The van der Waals surface area contributed by atoms with Crippen LogP contribution in [0, 0.1) is 6.92 Å². The number of cyclic esters (lactones) is 1. The summed E-state index contributed by atoms with van der Waals surface area (Å²) in [6.45, 7) is 8.59. The van der Waals surface area contributed by atoms with Gasteiger partial charge in [0.2, 0.25) is 0 Å². The molecular weight excluding hydrogens is 296 g/mol. The first-order valence-electron chi connectivity index (χ1n) is 8.16. The molecule has 24 heavy (non-hydrogen) atoms. The minimum Gasteiger partial charge on any atom is -0.422 e. The molecule has 0 bridgehead atoms. The molecule has 0 unspecified atom stereocenters. The molecule has 0 saturated carbocycles. The summed E-state index contributed by atoms with van der Waals surface area (Å²) in [5.41, 5.74) is 5.06. The Kier molecular flexibility index (Phi) is 4.15. The van der Waals surface area contributed by atoms with Gasteiger partial charge >= 0.3 is 5.97 Å². The van der Waals surface area contributed by atoms with E-state index in [0.29, 0.717) is 11.3 Å². The summed E-state index contributed by atoms with van der Waals surface area (Å²) in [6, 6.07) is 16.3. The number of benzene rings is 2. The molecular formula is C22H22O2. The Morgan fingerprint density at radius 3 is 2.12 bits per heavy atom. The number of aryl methyl sites for hydroxylation is 1. The van der Waals surface area contributed by atoms with Crippen molar-refractivity contribution < 1.29 is 9.53 Å². The molecule has 0 spiro atoms. The van der Waals surface area contributed by atoms with Crippen LogP contribution in [-0.2, 0) is 14.9 Å². The topological polar surface area (TPSA) is 26.3 Å². The lowest BCUT2D eigenvalue weighted by Gasteiger charge is -2.18. The average molecular weight is 318 g/mol. The third-order valence-corrected chi connectivity index (χ3v) is 4.16. The molecule has 2 aromatic carbocycles. The number of carbonyl (C=O) groups excluding carboxylic acids is 1. The highest BCUT2D eigenvalue weighted by molar-refractivity contribution is 6.05. The number of rotatable bonds is 2. The largest absolute Gasteiger partial charge is 0.422 e. The summed E-state index contributed by atoms with van der Waals surface area (Å²) in [6.07, 6.45) is 3.68. The van der Waals surface area contributed by atoms with Crippen molar-refractivity contribution in [3.63, 3.8) is 0 Å². The van der Waals surface area contributed by atoms with Crippen LogP contribution in [0.1, 0.15) is 43.0 Å². The predicted molar refractivity (Wildman–Crippen MR) is 98.4 cm³/mol. The van der Waals surface area contributed by atoms with Gasteiger partial charge in [-0.05, 0) is 35.6 Å². The van der Waals surface area contributed by atoms with Gasteiger partial charge in [0, 0.05) is 5.56 Å². The van der Waals surface area contributed by atoms with Crippen LogP contribution in [0.3, 0.4) is 0 Å². The van der Waals surface area contributed by atoms with Crippen LogP contribution in [0.15, 0.2) is 60.2 Å². The van der Waals surface area contributed by atoms with Gasteiger partial charge in [0.1, 0.15) is 5.76 Å². The maximum atomic E-state index is 12.1. The second-order valence-electron chi connectivity index (χ2n) is 7.24. The molecule has 0 N–H and O–H groups in total. The van der Waals surface area contributed by atoms with E-state index in [1.54, 1.807) is 0 Å². The molecule has 0 radical (unpaired) electrons. The molecule has 0 aromatic heterocycles. The highest BCUT2D eigenvalue weighted by Crippen LogP contribution is 2.28. The molecule has 1 aliphatic rings. The van der Waals surface area contributed by atoms with E-state index in [1.165, 1.54) is 11.1 Å². The van der Waals surface area contributed by atoms with Crippen molar-refractivity contribution in [2.75, 3.05) is 0 Å². The molecule has 0 saturated heterocycles. The number of hydrogen-bond acceptors (Lipinski definition) is 2. The monoisotopic (exact) mass is 318 g/mol. The molecule has 2 nitrogen and oxygen atoms in total. The summed E-state index contributed by atoms with van der Waals surface area (Å²) in [7, 11) is 0. The van der Waals surface area contributed by atoms with E-state index in [9.17, 15) is 4.79 Å². The van der Waals surface area contributed by atoms with Crippen molar-refractivity contribution in [1.29, 1.82) is 0 Å². The Morgan fingerprint density at radius 2 is 1.54 bits per heavy atom. The lowest BCUT2D eigenvalue weighted by atomic mass is 9.86. The van der Waals surface area contributed by atoms with E-state index < -0.39 is 0 Å². The zero-order valence-corrected chi connectivity index (χ0v) is 14.6. The van der Waals surface area contributed by atoms with Crippen LogP contribution in [0.2, 0.25) is 0 Å². The predicted octanol–water partition coefficient (Wildman–Crippen LogP) is 5.27. The molecule has 2 aromatic rings. The van der Waals surface area contributed by atoms with E-state index in [4.69, 9.17) is 4.74 Å². The van der Waals surface area contributed by atoms with Crippen LogP contribution < -0.4 is 0 Å². The van der Waals surface area contributed by atoms with E-state index in [0.717, 1.165) is 11.1 Å². The summed E-state index contributed by atoms with van der Waals surface area (Å²) in [5, 5.41) is 0. The summed E-state index contributed by atoms with van der Waals surface area (Å²) in [4.78, 5) is 12.1. The average Bonchev–Trinajstić information content (AvgIpc) is 2.89. The molecule has 122 valence electrons. The van der Waals surface area contributed by atoms with E-state index in [2.05, 4.69) is 32.9 Å². The first-order valence-corrected chi connectivity index (χ1v) is 8.16. The van der Waals surface area contributed by atoms with Crippen LogP contribution in [0.5, 0.6) is 0 Å². The minimum absolute atomic E-state index is 0.122. The molecule has 1 heterocycles.